The first-order valence-electron chi connectivity index (χ1n) is 6.10. The first-order chi connectivity index (χ1) is 9.74. The number of nitrogens with zero attached hydrogens (tertiary/aromatic N) is 2. The molecule has 8 heteroatoms. The molecule has 0 saturated carbocycles. The molecule has 4 nitrogen and oxygen atoms in total. The highest BCUT2D eigenvalue weighted by atomic mass is 19.4. The Hall–Kier alpha value is -2.25. The number of nitrogens with two attached hydrogens (primary N) is 1. The summed E-state index contributed by atoms with van der Waals surface area (Å²) in [6.45, 7) is 1.84. The molecule has 0 saturated heterocycles. The SMILES string of the molecule is CCc1nn(C)c(Oc2ccc(F)c(C(F)(F)F)c2)c1N. The van der Waals surface area contributed by atoms with E-state index in [1.54, 1.807) is 7.05 Å². The molecule has 21 heavy (non-hydrogen) atoms. The summed E-state index contributed by atoms with van der Waals surface area (Å²) >= 11 is 0. The van der Waals surface area contributed by atoms with Crippen molar-refractivity contribution < 1.29 is 22.3 Å². The van der Waals surface area contributed by atoms with Crippen molar-refractivity contribution in [1.29, 1.82) is 0 Å². The van der Waals surface area contributed by atoms with Crippen molar-refractivity contribution in [1.82, 2.24) is 9.78 Å². The Labute approximate surface area is 118 Å². The van der Waals surface area contributed by atoms with E-state index in [2.05, 4.69) is 5.10 Å². The molecular formula is C13H13F4N3O. The Morgan fingerprint density at radius 2 is 2.00 bits per heavy atom. The molecule has 1 aromatic carbocycles. The summed E-state index contributed by atoms with van der Waals surface area (Å²) in [6.07, 6.45) is -4.24. The quantitative estimate of drug-likeness (QED) is 0.883. The summed E-state index contributed by atoms with van der Waals surface area (Å²) in [4.78, 5) is 0. The summed E-state index contributed by atoms with van der Waals surface area (Å²) < 4.78 is 57.8. The molecule has 2 aromatic rings. The number of alkyl halides is 3. The van der Waals surface area contributed by atoms with Crippen LogP contribution in [0, 0.1) is 5.82 Å². The van der Waals surface area contributed by atoms with Crippen LogP contribution in [0.2, 0.25) is 0 Å². The molecule has 0 aliphatic rings. The standard InChI is InChI=1S/C13H13F4N3O/c1-3-10-11(18)12(20(2)19-10)21-7-4-5-9(14)8(6-7)13(15,16)17/h4-6H,3,18H2,1-2H3. The monoisotopic (exact) mass is 303 g/mol. The highest BCUT2D eigenvalue weighted by Crippen LogP contribution is 2.36. The summed E-state index contributed by atoms with van der Waals surface area (Å²) in [7, 11) is 1.55. The molecule has 0 unspecified atom stereocenters. The van der Waals surface area contributed by atoms with Crippen molar-refractivity contribution in [2.75, 3.05) is 5.73 Å². The number of aryl methyl sites for hydroxylation is 2. The molecule has 0 radical (unpaired) electrons. The second-order valence-corrected chi connectivity index (χ2v) is 4.38. The van der Waals surface area contributed by atoms with Crippen LogP contribution < -0.4 is 10.5 Å². The highest BCUT2D eigenvalue weighted by Gasteiger charge is 2.34. The fourth-order valence-corrected chi connectivity index (χ4v) is 1.86. The van der Waals surface area contributed by atoms with Crippen molar-refractivity contribution in [2.45, 2.75) is 19.5 Å². The van der Waals surface area contributed by atoms with Gasteiger partial charge in [0.05, 0.1) is 11.3 Å². The molecule has 2 N–H and O–H groups in total. The molecule has 1 aromatic heterocycles. The third kappa shape index (κ3) is 2.93. The number of hydrogen-bond donors (Lipinski definition) is 1. The van der Waals surface area contributed by atoms with Gasteiger partial charge in [0.1, 0.15) is 17.3 Å². The maximum Gasteiger partial charge on any atom is 0.419 e. The van der Waals surface area contributed by atoms with Gasteiger partial charge in [0.25, 0.3) is 0 Å². The van der Waals surface area contributed by atoms with E-state index >= 15 is 0 Å². The van der Waals surface area contributed by atoms with Gasteiger partial charge in [0, 0.05) is 7.05 Å². The number of halogens is 4. The van der Waals surface area contributed by atoms with E-state index in [4.69, 9.17) is 10.5 Å². The minimum absolute atomic E-state index is 0.117. The van der Waals surface area contributed by atoms with Crippen molar-refractivity contribution in [2.24, 2.45) is 7.05 Å². The zero-order valence-electron chi connectivity index (χ0n) is 11.3. The molecule has 0 aliphatic heterocycles. The smallest absolute Gasteiger partial charge is 0.419 e. The van der Waals surface area contributed by atoms with Crippen LogP contribution in [-0.2, 0) is 19.6 Å². The molecule has 2 rings (SSSR count). The van der Waals surface area contributed by atoms with Crippen molar-refractivity contribution >= 4 is 5.69 Å². The lowest BCUT2D eigenvalue weighted by atomic mass is 10.2. The van der Waals surface area contributed by atoms with Gasteiger partial charge in [-0.2, -0.15) is 18.3 Å². The Kier molecular flexibility index (Phi) is 3.80. The van der Waals surface area contributed by atoms with Crippen LogP contribution >= 0.6 is 0 Å². The molecule has 0 amide bonds. The van der Waals surface area contributed by atoms with Gasteiger partial charge < -0.3 is 10.5 Å². The van der Waals surface area contributed by atoms with Crippen molar-refractivity contribution in [3.8, 4) is 11.6 Å². The second-order valence-electron chi connectivity index (χ2n) is 4.38. The maximum atomic E-state index is 13.2. The van der Waals surface area contributed by atoms with E-state index in [0.29, 0.717) is 24.2 Å². The third-order valence-electron chi connectivity index (χ3n) is 2.90. The van der Waals surface area contributed by atoms with Crippen LogP contribution in [0.1, 0.15) is 18.2 Å². The number of rotatable bonds is 3. The summed E-state index contributed by atoms with van der Waals surface area (Å²) in [6, 6.07) is 2.39. The average molecular weight is 303 g/mol. The van der Waals surface area contributed by atoms with Crippen molar-refractivity contribution in [3.63, 3.8) is 0 Å². The fraction of sp³-hybridized carbons (Fsp3) is 0.308. The van der Waals surface area contributed by atoms with Crippen LogP contribution in [-0.4, -0.2) is 9.78 Å². The van der Waals surface area contributed by atoms with Gasteiger partial charge >= 0.3 is 6.18 Å². The first kappa shape index (κ1) is 15.1. The molecule has 0 atom stereocenters. The first-order valence-corrected chi connectivity index (χ1v) is 6.10. The van der Waals surface area contributed by atoms with Gasteiger partial charge in [0.2, 0.25) is 5.88 Å². The van der Waals surface area contributed by atoms with E-state index in [1.807, 2.05) is 6.92 Å². The van der Waals surface area contributed by atoms with Crippen LogP contribution in [0.3, 0.4) is 0 Å². The van der Waals surface area contributed by atoms with Gasteiger partial charge in [-0.1, -0.05) is 6.92 Å². The lowest BCUT2D eigenvalue weighted by Crippen LogP contribution is -2.08. The summed E-state index contributed by atoms with van der Waals surface area (Å²) in [5.74, 6) is -1.41. The predicted octanol–water partition coefficient (Wildman–Crippen LogP) is 3.51. The minimum atomic E-state index is -4.80. The number of aromatic nitrogens is 2. The Balaban J connectivity index is 2.39. The topological polar surface area (TPSA) is 53.1 Å². The van der Waals surface area contributed by atoms with E-state index < -0.39 is 17.6 Å². The van der Waals surface area contributed by atoms with Gasteiger partial charge in [-0.15, -0.1) is 0 Å². The van der Waals surface area contributed by atoms with Gasteiger partial charge in [0.15, 0.2) is 0 Å². The second kappa shape index (κ2) is 5.27. The Morgan fingerprint density at radius 1 is 1.33 bits per heavy atom. The molecule has 0 bridgehead atoms. The minimum Gasteiger partial charge on any atom is -0.437 e. The molecule has 0 spiro atoms. The zero-order chi connectivity index (χ0) is 15.8. The van der Waals surface area contributed by atoms with Gasteiger partial charge in [-0.25, -0.2) is 9.07 Å². The van der Waals surface area contributed by atoms with E-state index in [0.717, 1.165) is 6.07 Å². The number of ether oxygens (including phenoxy) is 1. The van der Waals surface area contributed by atoms with E-state index in [9.17, 15) is 17.6 Å². The molecule has 114 valence electrons. The predicted molar refractivity (Wildman–Crippen MR) is 68.5 cm³/mol. The summed E-state index contributed by atoms with van der Waals surface area (Å²) in [5.41, 5.74) is 5.24. The number of nitrogen functional groups attached to an aromatic ring is 1. The third-order valence-corrected chi connectivity index (χ3v) is 2.90. The average Bonchev–Trinajstić information content (AvgIpc) is 2.67. The van der Waals surface area contributed by atoms with Crippen LogP contribution in [0.5, 0.6) is 11.6 Å². The maximum absolute atomic E-state index is 13.2. The summed E-state index contributed by atoms with van der Waals surface area (Å²) in [5, 5.41) is 4.08. The van der Waals surface area contributed by atoms with E-state index in [1.165, 1.54) is 4.68 Å². The number of anilines is 1. The Morgan fingerprint density at radius 3 is 2.52 bits per heavy atom. The molecule has 0 aliphatic carbocycles. The van der Waals surface area contributed by atoms with Crippen molar-refractivity contribution in [3.05, 3.63) is 35.3 Å². The molecule has 0 fully saturated rings. The normalized spacial score (nSPS) is 11.7. The largest absolute Gasteiger partial charge is 0.437 e. The van der Waals surface area contributed by atoms with Crippen LogP contribution in [0.25, 0.3) is 0 Å². The fourth-order valence-electron chi connectivity index (χ4n) is 1.86. The van der Waals surface area contributed by atoms with Gasteiger partial charge in [-0.05, 0) is 24.6 Å². The number of benzene rings is 1. The molecule has 1 heterocycles. The lowest BCUT2D eigenvalue weighted by molar-refractivity contribution is -0.140. The van der Waals surface area contributed by atoms with Gasteiger partial charge in [-0.3, -0.25) is 0 Å². The van der Waals surface area contributed by atoms with E-state index in [-0.39, 0.29) is 17.3 Å². The van der Waals surface area contributed by atoms with Crippen LogP contribution in [0.4, 0.5) is 23.2 Å². The Bertz CT molecular complexity index is 664. The van der Waals surface area contributed by atoms with Crippen LogP contribution in [0.15, 0.2) is 18.2 Å². The molecular weight excluding hydrogens is 290 g/mol. The lowest BCUT2D eigenvalue weighted by Gasteiger charge is -2.11. The zero-order valence-corrected chi connectivity index (χ0v) is 11.3. The highest BCUT2D eigenvalue weighted by molar-refractivity contribution is 5.54. The number of hydrogen-bond acceptors (Lipinski definition) is 3.